The highest BCUT2D eigenvalue weighted by Gasteiger charge is 2.14. The number of nitrogens with zero attached hydrogens (tertiary/aromatic N) is 1. The fourth-order valence-electron chi connectivity index (χ4n) is 1.44. The predicted octanol–water partition coefficient (Wildman–Crippen LogP) is 1.78. The second kappa shape index (κ2) is 3.27. The fourth-order valence-corrected chi connectivity index (χ4v) is 2.31. The molecule has 0 aliphatic heterocycles. The van der Waals surface area contributed by atoms with Crippen molar-refractivity contribution in [1.82, 2.24) is 4.98 Å². The third kappa shape index (κ3) is 1.70. The second-order valence-corrected chi connectivity index (χ2v) is 5.20. The highest BCUT2D eigenvalue weighted by atomic mass is 32.2. The molecule has 0 N–H and O–H groups in total. The summed E-state index contributed by atoms with van der Waals surface area (Å²) in [4.78, 5) is 3.92. The van der Waals surface area contributed by atoms with Gasteiger partial charge in [-0.3, -0.25) is 4.98 Å². The van der Waals surface area contributed by atoms with Crippen LogP contribution in [-0.2, 0) is 9.84 Å². The third-order valence-electron chi connectivity index (χ3n) is 2.08. The van der Waals surface area contributed by atoms with Gasteiger partial charge in [0, 0.05) is 17.8 Å². The van der Waals surface area contributed by atoms with Crippen LogP contribution in [0.4, 0.5) is 4.39 Å². The summed E-state index contributed by atoms with van der Waals surface area (Å²) in [5.74, 6) is -0.516. The molecule has 0 fully saturated rings. The van der Waals surface area contributed by atoms with E-state index >= 15 is 0 Å². The molecule has 0 saturated heterocycles. The molecular weight excluding hydrogens is 217 g/mol. The lowest BCUT2D eigenvalue weighted by molar-refractivity contribution is 0.602. The molecule has 0 amide bonds. The van der Waals surface area contributed by atoms with E-state index in [2.05, 4.69) is 4.98 Å². The van der Waals surface area contributed by atoms with Crippen molar-refractivity contribution in [2.75, 3.05) is 6.26 Å². The number of sulfone groups is 1. The third-order valence-corrected chi connectivity index (χ3v) is 3.23. The summed E-state index contributed by atoms with van der Waals surface area (Å²) in [6.07, 6.45) is 2.52. The van der Waals surface area contributed by atoms with Crippen molar-refractivity contribution in [1.29, 1.82) is 0 Å². The molecule has 1 aromatic heterocycles. The average Bonchev–Trinajstić information content (AvgIpc) is 2.17. The van der Waals surface area contributed by atoms with Crippen molar-refractivity contribution in [3.05, 3.63) is 36.3 Å². The molecule has 1 aromatic carbocycles. The number of halogens is 1. The summed E-state index contributed by atoms with van der Waals surface area (Å²) in [6, 6.07) is 5.50. The second-order valence-electron chi connectivity index (χ2n) is 3.22. The Kier molecular flexibility index (Phi) is 2.19. The molecule has 0 saturated carbocycles. The molecule has 78 valence electrons. The van der Waals surface area contributed by atoms with E-state index in [4.69, 9.17) is 0 Å². The monoisotopic (exact) mass is 225 g/mol. The first-order valence-electron chi connectivity index (χ1n) is 4.23. The molecule has 0 spiro atoms. The van der Waals surface area contributed by atoms with E-state index in [-0.39, 0.29) is 10.4 Å². The summed E-state index contributed by atoms with van der Waals surface area (Å²) >= 11 is 0. The van der Waals surface area contributed by atoms with E-state index in [1.165, 1.54) is 12.3 Å². The maximum Gasteiger partial charge on any atom is 0.176 e. The molecule has 0 unspecified atom stereocenters. The molecular formula is C10H8FNO2S. The summed E-state index contributed by atoms with van der Waals surface area (Å²) in [5.41, 5.74) is 0.0837. The van der Waals surface area contributed by atoms with Crippen LogP contribution in [-0.4, -0.2) is 19.7 Å². The quantitative estimate of drug-likeness (QED) is 0.695. The fraction of sp³-hybridized carbons (Fsp3) is 0.100. The van der Waals surface area contributed by atoms with Gasteiger partial charge in [-0.15, -0.1) is 0 Å². The first-order valence-corrected chi connectivity index (χ1v) is 6.12. The maximum absolute atomic E-state index is 13.3. The van der Waals surface area contributed by atoms with Gasteiger partial charge in [0.15, 0.2) is 9.84 Å². The van der Waals surface area contributed by atoms with Gasteiger partial charge in [0.1, 0.15) is 11.3 Å². The van der Waals surface area contributed by atoms with Crippen molar-refractivity contribution in [2.45, 2.75) is 4.90 Å². The van der Waals surface area contributed by atoms with Crippen LogP contribution >= 0.6 is 0 Å². The Hall–Kier alpha value is -1.49. The highest BCUT2D eigenvalue weighted by molar-refractivity contribution is 7.91. The lowest BCUT2D eigenvalue weighted by Crippen LogP contribution is -1.99. The minimum Gasteiger partial charge on any atom is -0.253 e. The van der Waals surface area contributed by atoms with Crippen molar-refractivity contribution in [3.63, 3.8) is 0 Å². The van der Waals surface area contributed by atoms with Gasteiger partial charge in [-0.1, -0.05) is 0 Å². The van der Waals surface area contributed by atoms with Gasteiger partial charge in [0.05, 0.1) is 4.90 Å². The van der Waals surface area contributed by atoms with Gasteiger partial charge < -0.3 is 0 Å². The standard InChI is InChI=1S/C10H8FNO2S/c1-15(13,14)9-5-4-8(11)10-7(9)3-2-6-12-10/h2-6H,1H3. The van der Waals surface area contributed by atoms with Crippen LogP contribution in [0.2, 0.25) is 0 Å². The van der Waals surface area contributed by atoms with Gasteiger partial charge in [0.2, 0.25) is 0 Å². The zero-order valence-electron chi connectivity index (χ0n) is 7.94. The number of pyridine rings is 1. The Morgan fingerprint density at radius 3 is 2.67 bits per heavy atom. The predicted molar refractivity (Wildman–Crippen MR) is 54.8 cm³/mol. The van der Waals surface area contributed by atoms with Gasteiger partial charge in [0.25, 0.3) is 0 Å². The Balaban J connectivity index is 2.96. The van der Waals surface area contributed by atoms with E-state index in [1.807, 2.05) is 0 Å². The van der Waals surface area contributed by atoms with Gasteiger partial charge in [-0.2, -0.15) is 0 Å². The largest absolute Gasteiger partial charge is 0.253 e. The van der Waals surface area contributed by atoms with Crippen molar-refractivity contribution < 1.29 is 12.8 Å². The Morgan fingerprint density at radius 2 is 2.00 bits per heavy atom. The van der Waals surface area contributed by atoms with Crippen LogP contribution in [0.5, 0.6) is 0 Å². The summed E-state index contributed by atoms with van der Waals surface area (Å²) in [5, 5.41) is 0.319. The van der Waals surface area contributed by atoms with Crippen molar-refractivity contribution in [2.24, 2.45) is 0 Å². The first kappa shape index (κ1) is 10.0. The summed E-state index contributed by atoms with van der Waals surface area (Å²) in [6.45, 7) is 0. The summed E-state index contributed by atoms with van der Waals surface area (Å²) < 4.78 is 36.1. The molecule has 0 atom stereocenters. The number of fused-ring (bicyclic) bond motifs is 1. The van der Waals surface area contributed by atoms with Crippen LogP contribution in [0.15, 0.2) is 35.4 Å². The topological polar surface area (TPSA) is 47.0 Å². The molecule has 15 heavy (non-hydrogen) atoms. The van der Waals surface area contributed by atoms with Crippen LogP contribution in [0.3, 0.4) is 0 Å². The summed E-state index contributed by atoms with van der Waals surface area (Å²) in [7, 11) is -3.35. The molecule has 1 heterocycles. The molecule has 3 nitrogen and oxygen atoms in total. The number of benzene rings is 1. The molecule has 5 heteroatoms. The molecule has 2 aromatic rings. The Labute approximate surface area is 86.5 Å². The van der Waals surface area contributed by atoms with Crippen LogP contribution in [0.1, 0.15) is 0 Å². The maximum atomic E-state index is 13.3. The SMILES string of the molecule is CS(=O)(=O)c1ccc(F)c2ncccc12. The average molecular weight is 225 g/mol. The Bertz CT molecular complexity index is 622. The van der Waals surface area contributed by atoms with E-state index < -0.39 is 15.7 Å². The number of hydrogen-bond acceptors (Lipinski definition) is 3. The minimum atomic E-state index is -3.35. The first-order chi connectivity index (χ1) is 7.00. The molecule has 0 aliphatic carbocycles. The number of rotatable bonds is 1. The number of aromatic nitrogens is 1. The van der Waals surface area contributed by atoms with Crippen LogP contribution in [0.25, 0.3) is 10.9 Å². The molecule has 2 rings (SSSR count). The number of hydrogen-bond donors (Lipinski definition) is 0. The lowest BCUT2D eigenvalue weighted by atomic mass is 10.2. The van der Waals surface area contributed by atoms with Gasteiger partial charge in [-0.05, 0) is 24.3 Å². The molecule has 0 radical (unpaired) electrons. The van der Waals surface area contributed by atoms with E-state index in [1.54, 1.807) is 12.1 Å². The normalized spacial score (nSPS) is 11.9. The zero-order valence-corrected chi connectivity index (χ0v) is 8.75. The molecule has 0 aliphatic rings. The van der Waals surface area contributed by atoms with Crippen LogP contribution < -0.4 is 0 Å². The Morgan fingerprint density at radius 1 is 1.27 bits per heavy atom. The lowest BCUT2D eigenvalue weighted by Gasteiger charge is -2.03. The highest BCUT2D eigenvalue weighted by Crippen LogP contribution is 2.23. The van der Waals surface area contributed by atoms with Gasteiger partial charge >= 0.3 is 0 Å². The smallest absolute Gasteiger partial charge is 0.176 e. The molecule has 0 bridgehead atoms. The zero-order chi connectivity index (χ0) is 11.1. The van der Waals surface area contributed by atoms with Crippen molar-refractivity contribution >= 4 is 20.7 Å². The van der Waals surface area contributed by atoms with E-state index in [9.17, 15) is 12.8 Å². The van der Waals surface area contributed by atoms with Gasteiger partial charge in [-0.25, -0.2) is 12.8 Å². The minimum absolute atomic E-state index is 0.0837. The van der Waals surface area contributed by atoms with Crippen molar-refractivity contribution in [3.8, 4) is 0 Å². The van der Waals surface area contributed by atoms with E-state index in [0.717, 1.165) is 12.3 Å². The van der Waals surface area contributed by atoms with Crippen LogP contribution in [0, 0.1) is 5.82 Å². The van der Waals surface area contributed by atoms with E-state index in [0.29, 0.717) is 5.39 Å².